The van der Waals surface area contributed by atoms with Gasteiger partial charge in [0, 0.05) is 11.9 Å². The van der Waals surface area contributed by atoms with Crippen LogP contribution < -0.4 is 0 Å². The van der Waals surface area contributed by atoms with Gasteiger partial charge in [0.25, 0.3) is 0 Å². The van der Waals surface area contributed by atoms with Crippen LogP contribution in [0.25, 0.3) is 0 Å². The van der Waals surface area contributed by atoms with E-state index in [1.165, 1.54) is 49.8 Å². The minimum Gasteiger partial charge on any atom is -0.303 e. The molecule has 1 aliphatic rings. The van der Waals surface area contributed by atoms with Crippen LogP contribution in [-0.4, -0.2) is 29.9 Å². The van der Waals surface area contributed by atoms with Gasteiger partial charge in [-0.15, -0.1) is 0 Å². The van der Waals surface area contributed by atoms with Crippen molar-refractivity contribution in [2.45, 2.75) is 19.3 Å². The summed E-state index contributed by atoms with van der Waals surface area (Å²) in [7, 11) is 0. The zero-order chi connectivity index (χ0) is 11.2. The van der Waals surface area contributed by atoms with Crippen LogP contribution in [0.2, 0.25) is 0 Å². The molecule has 1 nitrogen and oxygen atoms in total. The predicted octanol–water partition coefficient (Wildman–Crippen LogP) is 3.34. The molecule has 16 heavy (non-hydrogen) atoms. The molecule has 1 fully saturated rings. The van der Waals surface area contributed by atoms with Crippen LogP contribution in [0.1, 0.15) is 18.4 Å². The lowest BCUT2D eigenvalue weighted by molar-refractivity contribution is 0.324. The Kier molecular flexibility index (Phi) is 4.86. The van der Waals surface area contributed by atoms with E-state index >= 15 is 0 Å². The number of aryl methyl sites for hydroxylation is 1. The molecule has 0 aromatic heterocycles. The first-order chi connectivity index (χ1) is 7.88. The Hall–Kier alpha value is -0.340. The molecule has 0 bridgehead atoms. The van der Waals surface area contributed by atoms with Crippen molar-refractivity contribution in [3.63, 3.8) is 0 Å². The number of halogens is 1. The highest BCUT2D eigenvalue weighted by Gasteiger charge is 2.20. The van der Waals surface area contributed by atoms with E-state index in [4.69, 9.17) is 0 Å². The Balaban J connectivity index is 1.65. The molecule has 0 spiro atoms. The topological polar surface area (TPSA) is 3.24 Å². The Bertz CT molecular complexity index is 299. The Morgan fingerprint density at radius 2 is 2.06 bits per heavy atom. The highest BCUT2D eigenvalue weighted by Crippen LogP contribution is 2.18. The fraction of sp³-hybridized carbons (Fsp3) is 0.571. The lowest BCUT2D eigenvalue weighted by Gasteiger charge is -2.15. The number of rotatable bonds is 5. The molecule has 1 aromatic rings. The molecule has 1 aliphatic heterocycles. The van der Waals surface area contributed by atoms with Crippen molar-refractivity contribution in [3.8, 4) is 0 Å². The molecule has 0 aliphatic carbocycles. The van der Waals surface area contributed by atoms with Crippen LogP contribution in [0.3, 0.4) is 0 Å². The van der Waals surface area contributed by atoms with E-state index in [1.54, 1.807) is 0 Å². The third kappa shape index (κ3) is 3.60. The van der Waals surface area contributed by atoms with Gasteiger partial charge in [-0.1, -0.05) is 46.3 Å². The van der Waals surface area contributed by atoms with Crippen LogP contribution in [0, 0.1) is 5.92 Å². The van der Waals surface area contributed by atoms with Gasteiger partial charge in [-0.05, 0) is 43.8 Å². The minimum absolute atomic E-state index is 0.886. The average Bonchev–Trinajstić information content (AvgIpc) is 2.78. The second-order valence-corrected chi connectivity index (χ2v) is 5.35. The van der Waals surface area contributed by atoms with Crippen LogP contribution in [-0.2, 0) is 6.42 Å². The van der Waals surface area contributed by atoms with E-state index < -0.39 is 0 Å². The van der Waals surface area contributed by atoms with Gasteiger partial charge in [0.1, 0.15) is 0 Å². The summed E-state index contributed by atoms with van der Waals surface area (Å²) in [6.07, 6.45) is 3.88. The van der Waals surface area contributed by atoms with Crippen LogP contribution in [0.15, 0.2) is 30.3 Å². The molecule has 2 heteroatoms. The number of nitrogens with zero attached hydrogens (tertiary/aromatic N) is 1. The first kappa shape index (κ1) is 12.1. The number of hydrogen-bond acceptors (Lipinski definition) is 1. The molecule has 2 rings (SSSR count). The fourth-order valence-corrected chi connectivity index (χ4v) is 2.92. The van der Waals surface area contributed by atoms with Crippen LogP contribution >= 0.6 is 15.9 Å². The molecule has 0 amide bonds. The largest absolute Gasteiger partial charge is 0.303 e. The molecular weight excluding hydrogens is 262 g/mol. The van der Waals surface area contributed by atoms with E-state index in [2.05, 4.69) is 51.2 Å². The summed E-state index contributed by atoms with van der Waals surface area (Å²) >= 11 is 3.58. The number of hydrogen-bond donors (Lipinski definition) is 0. The van der Waals surface area contributed by atoms with Crippen molar-refractivity contribution >= 4 is 15.9 Å². The molecule has 1 heterocycles. The number of benzene rings is 1. The van der Waals surface area contributed by atoms with Gasteiger partial charge in [-0.25, -0.2) is 0 Å². The fourth-order valence-electron chi connectivity index (χ4n) is 2.39. The third-order valence-electron chi connectivity index (χ3n) is 3.37. The van der Waals surface area contributed by atoms with Gasteiger partial charge in [-0.2, -0.15) is 0 Å². The lowest BCUT2D eigenvalue weighted by atomic mass is 10.1. The van der Waals surface area contributed by atoms with Crippen molar-refractivity contribution in [1.82, 2.24) is 4.90 Å². The maximum Gasteiger partial charge on any atom is 0.00723 e. The van der Waals surface area contributed by atoms with E-state index in [1.807, 2.05) is 0 Å². The summed E-state index contributed by atoms with van der Waals surface area (Å²) in [5.41, 5.74) is 1.47. The summed E-state index contributed by atoms with van der Waals surface area (Å²) in [5.74, 6) is 0.886. The van der Waals surface area contributed by atoms with Gasteiger partial charge < -0.3 is 4.90 Å². The molecule has 1 aromatic carbocycles. The highest BCUT2D eigenvalue weighted by molar-refractivity contribution is 9.09. The van der Waals surface area contributed by atoms with Gasteiger partial charge in [0.05, 0.1) is 0 Å². The van der Waals surface area contributed by atoms with Gasteiger partial charge in [0.15, 0.2) is 0 Å². The quantitative estimate of drug-likeness (QED) is 0.749. The van der Waals surface area contributed by atoms with E-state index in [9.17, 15) is 0 Å². The summed E-state index contributed by atoms with van der Waals surface area (Å²) in [6.45, 7) is 3.85. The van der Waals surface area contributed by atoms with Gasteiger partial charge in [0.2, 0.25) is 0 Å². The Morgan fingerprint density at radius 3 is 2.75 bits per heavy atom. The van der Waals surface area contributed by atoms with E-state index in [0.717, 1.165) is 5.92 Å². The standard InChI is InChI=1S/C14H20BrN/c15-11-14-8-10-16(12-14)9-4-7-13-5-2-1-3-6-13/h1-3,5-6,14H,4,7-12H2. The van der Waals surface area contributed by atoms with Crippen LogP contribution in [0.4, 0.5) is 0 Å². The molecule has 88 valence electrons. The van der Waals surface area contributed by atoms with E-state index in [0.29, 0.717) is 0 Å². The zero-order valence-corrected chi connectivity index (χ0v) is 11.3. The van der Waals surface area contributed by atoms with Crippen molar-refractivity contribution in [2.24, 2.45) is 5.92 Å². The lowest BCUT2D eigenvalue weighted by Crippen LogP contribution is -2.22. The summed E-state index contributed by atoms with van der Waals surface area (Å²) < 4.78 is 0. The number of alkyl halides is 1. The van der Waals surface area contributed by atoms with Crippen molar-refractivity contribution in [1.29, 1.82) is 0 Å². The molecular formula is C14H20BrN. The number of likely N-dealkylation sites (tertiary alicyclic amines) is 1. The summed E-state index contributed by atoms with van der Waals surface area (Å²) in [4.78, 5) is 2.61. The third-order valence-corrected chi connectivity index (χ3v) is 4.29. The summed E-state index contributed by atoms with van der Waals surface area (Å²) in [5, 5.41) is 1.17. The second-order valence-electron chi connectivity index (χ2n) is 4.70. The Morgan fingerprint density at radius 1 is 1.25 bits per heavy atom. The second kappa shape index (κ2) is 6.41. The minimum atomic E-state index is 0.886. The monoisotopic (exact) mass is 281 g/mol. The van der Waals surface area contributed by atoms with E-state index in [-0.39, 0.29) is 0 Å². The van der Waals surface area contributed by atoms with Crippen molar-refractivity contribution in [3.05, 3.63) is 35.9 Å². The SMILES string of the molecule is BrCC1CCN(CCCc2ccccc2)C1. The molecule has 1 atom stereocenters. The molecule has 1 saturated heterocycles. The molecule has 1 unspecified atom stereocenters. The Labute approximate surface area is 107 Å². The first-order valence-corrected chi connectivity index (χ1v) is 7.33. The van der Waals surface area contributed by atoms with Crippen molar-refractivity contribution < 1.29 is 0 Å². The van der Waals surface area contributed by atoms with Gasteiger partial charge in [-0.3, -0.25) is 0 Å². The smallest absolute Gasteiger partial charge is 0.00723 e. The summed E-state index contributed by atoms with van der Waals surface area (Å²) in [6, 6.07) is 10.8. The van der Waals surface area contributed by atoms with Crippen LogP contribution in [0.5, 0.6) is 0 Å². The molecule has 0 saturated carbocycles. The predicted molar refractivity (Wildman–Crippen MR) is 73.1 cm³/mol. The normalized spacial score (nSPS) is 21.4. The maximum absolute atomic E-state index is 3.58. The molecule has 0 radical (unpaired) electrons. The van der Waals surface area contributed by atoms with Gasteiger partial charge >= 0.3 is 0 Å². The maximum atomic E-state index is 3.58. The highest BCUT2D eigenvalue weighted by atomic mass is 79.9. The van der Waals surface area contributed by atoms with Crippen molar-refractivity contribution in [2.75, 3.05) is 25.0 Å². The molecule has 0 N–H and O–H groups in total. The first-order valence-electron chi connectivity index (χ1n) is 6.20. The average molecular weight is 282 g/mol. The zero-order valence-electron chi connectivity index (χ0n) is 9.74.